The number of aromatic nitrogens is 3. The van der Waals surface area contributed by atoms with Crippen molar-refractivity contribution >= 4 is 39.8 Å². The molecule has 0 bridgehead atoms. The summed E-state index contributed by atoms with van der Waals surface area (Å²) >= 11 is 4.61. The molecule has 0 radical (unpaired) electrons. The Bertz CT molecular complexity index is 1290. The second-order valence-corrected chi connectivity index (χ2v) is 8.99. The summed E-state index contributed by atoms with van der Waals surface area (Å²) in [4.78, 5) is 12.4. The molecule has 0 unspecified atom stereocenters. The number of rotatable bonds is 7. The number of hydrogen-bond donors (Lipinski definition) is 2. The van der Waals surface area contributed by atoms with Gasteiger partial charge in [0.1, 0.15) is 5.75 Å². The van der Waals surface area contributed by atoms with Gasteiger partial charge in [0, 0.05) is 21.3 Å². The Morgan fingerprint density at radius 1 is 1.12 bits per heavy atom. The molecule has 0 aliphatic heterocycles. The number of nitrogens with zero attached hydrogens (tertiary/aromatic N) is 4. The maximum Gasteiger partial charge on any atom is 0.250 e. The smallest absolute Gasteiger partial charge is 0.250 e. The minimum Gasteiger partial charge on any atom is -0.507 e. The lowest BCUT2D eigenvalue weighted by molar-refractivity contribution is -0.118. The third-order valence-electron chi connectivity index (χ3n) is 4.67. The van der Waals surface area contributed by atoms with Gasteiger partial charge in [0.2, 0.25) is 0 Å². The van der Waals surface area contributed by atoms with Crippen molar-refractivity contribution in [3.63, 3.8) is 0 Å². The number of hydrogen-bond acceptors (Lipinski definition) is 6. The van der Waals surface area contributed by atoms with E-state index < -0.39 is 0 Å². The van der Waals surface area contributed by atoms with E-state index in [4.69, 9.17) is 0 Å². The van der Waals surface area contributed by atoms with Crippen LogP contribution in [0.5, 0.6) is 5.75 Å². The van der Waals surface area contributed by atoms with Crippen LogP contribution in [0.4, 0.5) is 0 Å². The van der Waals surface area contributed by atoms with Gasteiger partial charge in [0.15, 0.2) is 11.0 Å². The average Bonchev–Trinajstić information content (AvgIpc) is 3.25. The van der Waals surface area contributed by atoms with Crippen molar-refractivity contribution in [3.05, 3.63) is 88.4 Å². The molecule has 33 heavy (non-hydrogen) atoms. The molecular weight excluding hydrogens is 502 g/mol. The fourth-order valence-electron chi connectivity index (χ4n) is 3.03. The van der Waals surface area contributed by atoms with Crippen LogP contribution in [-0.4, -0.2) is 37.7 Å². The van der Waals surface area contributed by atoms with Crippen LogP contribution >= 0.6 is 27.7 Å². The number of thioether (sulfide) groups is 1. The van der Waals surface area contributed by atoms with Crippen LogP contribution in [0.2, 0.25) is 0 Å². The number of aryl methyl sites for hydroxylation is 1. The van der Waals surface area contributed by atoms with Crippen LogP contribution in [0.1, 0.15) is 11.1 Å². The Morgan fingerprint density at radius 3 is 2.64 bits per heavy atom. The molecule has 7 nitrogen and oxygen atoms in total. The van der Waals surface area contributed by atoms with Gasteiger partial charge in [-0.05, 0) is 37.3 Å². The van der Waals surface area contributed by atoms with Crippen molar-refractivity contribution in [1.29, 1.82) is 0 Å². The zero-order chi connectivity index (χ0) is 23.2. The molecule has 0 saturated carbocycles. The van der Waals surface area contributed by atoms with E-state index in [0.29, 0.717) is 16.5 Å². The number of nitrogens with one attached hydrogen (secondary N) is 1. The average molecular weight is 522 g/mol. The van der Waals surface area contributed by atoms with Crippen LogP contribution in [0.25, 0.3) is 17.1 Å². The molecule has 3 aromatic carbocycles. The number of hydrazone groups is 1. The molecule has 0 saturated heterocycles. The van der Waals surface area contributed by atoms with Gasteiger partial charge < -0.3 is 5.11 Å². The van der Waals surface area contributed by atoms with E-state index in [1.165, 1.54) is 18.0 Å². The van der Waals surface area contributed by atoms with E-state index in [1.54, 1.807) is 18.2 Å². The first kappa shape index (κ1) is 22.8. The van der Waals surface area contributed by atoms with Gasteiger partial charge in [-0.3, -0.25) is 9.36 Å². The Balaban J connectivity index is 1.50. The zero-order valence-corrected chi connectivity index (χ0v) is 20.0. The van der Waals surface area contributed by atoms with Crippen molar-refractivity contribution < 1.29 is 9.90 Å². The summed E-state index contributed by atoms with van der Waals surface area (Å²) in [7, 11) is 0. The number of amides is 1. The molecule has 0 aliphatic rings. The molecule has 1 aromatic heterocycles. The zero-order valence-electron chi connectivity index (χ0n) is 17.6. The monoisotopic (exact) mass is 521 g/mol. The summed E-state index contributed by atoms with van der Waals surface area (Å²) in [5.41, 5.74) is 5.96. The summed E-state index contributed by atoms with van der Waals surface area (Å²) in [6, 6.07) is 22.8. The predicted octanol–water partition coefficient (Wildman–Crippen LogP) is 4.95. The molecule has 9 heteroatoms. The third kappa shape index (κ3) is 5.68. The number of aromatic hydroxyl groups is 1. The van der Waals surface area contributed by atoms with Gasteiger partial charge in [0.05, 0.1) is 12.0 Å². The first-order chi connectivity index (χ1) is 16.0. The first-order valence-electron chi connectivity index (χ1n) is 10.0. The Morgan fingerprint density at radius 2 is 1.88 bits per heavy atom. The standard InChI is InChI=1S/C24H20BrN5O2S/c1-16-7-10-20(11-8-16)30-23(17-5-3-2-4-6-17)28-29-24(30)33-15-22(32)27-26-14-18-13-19(25)9-12-21(18)31/h2-14,31H,15H2,1H3,(H,27,32)/b26-14-. The maximum absolute atomic E-state index is 12.4. The second kappa shape index (κ2) is 10.5. The molecule has 0 spiro atoms. The third-order valence-corrected chi connectivity index (χ3v) is 6.09. The molecule has 0 atom stereocenters. The summed E-state index contributed by atoms with van der Waals surface area (Å²) in [5, 5.41) is 23.1. The highest BCUT2D eigenvalue weighted by Gasteiger charge is 2.17. The molecule has 0 fully saturated rings. The maximum atomic E-state index is 12.4. The minimum absolute atomic E-state index is 0.0743. The number of benzene rings is 3. The molecule has 166 valence electrons. The fourth-order valence-corrected chi connectivity index (χ4v) is 4.15. The van der Waals surface area contributed by atoms with Crippen molar-refractivity contribution in [1.82, 2.24) is 20.2 Å². The van der Waals surface area contributed by atoms with E-state index in [0.717, 1.165) is 21.3 Å². The summed E-state index contributed by atoms with van der Waals surface area (Å²) in [5.74, 6) is 0.571. The van der Waals surface area contributed by atoms with E-state index >= 15 is 0 Å². The lowest BCUT2D eigenvalue weighted by Crippen LogP contribution is -2.20. The summed E-state index contributed by atoms with van der Waals surface area (Å²) < 4.78 is 2.74. The Hall–Kier alpha value is -3.43. The highest BCUT2D eigenvalue weighted by molar-refractivity contribution is 9.10. The van der Waals surface area contributed by atoms with Crippen LogP contribution < -0.4 is 5.43 Å². The van der Waals surface area contributed by atoms with Crippen LogP contribution in [0.3, 0.4) is 0 Å². The summed E-state index contributed by atoms with van der Waals surface area (Å²) in [6.07, 6.45) is 1.39. The number of phenolic OH excluding ortho intramolecular Hbond substituents is 1. The van der Waals surface area contributed by atoms with Gasteiger partial charge in [-0.1, -0.05) is 75.7 Å². The SMILES string of the molecule is Cc1ccc(-n2c(SCC(=O)N/N=C\c3cc(Br)ccc3O)nnc2-c2ccccc2)cc1. The van der Waals surface area contributed by atoms with Gasteiger partial charge in [-0.2, -0.15) is 5.10 Å². The molecular formula is C24H20BrN5O2S. The molecule has 4 aromatic rings. The van der Waals surface area contributed by atoms with E-state index in [-0.39, 0.29) is 17.4 Å². The predicted molar refractivity (Wildman–Crippen MR) is 134 cm³/mol. The molecule has 1 amide bonds. The number of carbonyl (C=O) groups is 1. The number of phenols is 1. The normalized spacial score (nSPS) is 11.1. The van der Waals surface area contributed by atoms with Gasteiger partial charge in [0.25, 0.3) is 5.91 Å². The van der Waals surface area contributed by atoms with Gasteiger partial charge in [-0.25, -0.2) is 5.43 Å². The Labute approximate surface area is 203 Å². The van der Waals surface area contributed by atoms with Crippen molar-refractivity contribution in [3.8, 4) is 22.8 Å². The van der Waals surface area contributed by atoms with Gasteiger partial charge in [-0.15, -0.1) is 10.2 Å². The van der Waals surface area contributed by atoms with E-state index in [1.807, 2.05) is 66.1 Å². The molecule has 1 heterocycles. The first-order valence-corrected chi connectivity index (χ1v) is 11.8. The van der Waals surface area contributed by atoms with Crippen molar-refractivity contribution in [2.45, 2.75) is 12.1 Å². The van der Waals surface area contributed by atoms with Crippen molar-refractivity contribution in [2.24, 2.45) is 5.10 Å². The van der Waals surface area contributed by atoms with Crippen LogP contribution in [0.15, 0.2) is 87.5 Å². The quantitative estimate of drug-likeness (QED) is 0.204. The lowest BCUT2D eigenvalue weighted by atomic mass is 10.2. The Kier molecular flexibility index (Phi) is 7.21. The second-order valence-electron chi connectivity index (χ2n) is 7.13. The summed E-state index contributed by atoms with van der Waals surface area (Å²) in [6.45, 7) is 2.03. The number of carbonyl (C=O) groups excluding carboxylic acids is 1. The molecule has 2 N–H and O–H groups in total. The fraction of sp³-hybridized carbons (Fsp3) is 0.0833. The number of halogens is 1. The molecule has 4 rings (SSSR count). The van der Waals surface area contributed by atoms with E-state index in [9.17, 15) is 9.90 Å². The minimum atomic E-state index is -0.301. The van der Waals surface area contributed by atoms with Crippen molar-refractivity contribution in [2.75, 3.05) is 5.75 Å². The highest BCUT2D eigenvalue weighted by Crippen LogP contribution is 2.28. The molecule has 0 aliphatic carbocycles. The van der Waals surface area contributed by atoms with Crippen LogP contribution in [-0.2, 0) is 4.79 Å². The van der Waals surface area contributed by atoms with E-state index in [2.05, 4.69) is 36.7 Å². The largest absolute Gasteiger partial charge is 0.507 e. The topological polar surface area (TPSA) is 92.4 Å². The van der Waals surface area contributed by atoms with Crippen LogP contribution in [0, 0.1) is 6.92 Å². The highest BCUT2D eigenvalue weighted by atomic mass is 79.9. The van der Waals surface area contributed by atoms with Gasteiger partial charge >= 0.3 is 0 Å². The lowest BCUT2D eigenvalue weighted by Gasteiger charge is -2.10.